The van der Waals surface area contributed by atoms with E-state index < -0.39 is 0 Å². The van der Waals surface area contributed by atoms with E-state index in [0.717, 1.165) is 17.9 Å². The van der Waals surface area contributed by atoms with Crippen LogP contribution >= 0.6 is 11.6 Å². The highest BCUT2D eigenvalue weighted by atomic mass is 35.5. The Morgan fingerprint density at radius 2 is 2.25 bits per heavy atom. The van der Waals surface area contributed by atoms with Crippen molar-refractivity contribution >= 4 is 23.1 Å². The van der Waals surface area contributed by atoms with Crippen molar-refractivity contribution in [3.63, 3.8) is 0 Å². The number of aromatic nitrogens is 4. The molecule has 84 valence electrons. The van der Waals surface area contributed by atoms with Gasteiger partial charge in [-0.15, -0.1) is 0 Å². The average molecular weight is 238 g/mol. The molecule has 0 aliphatic heterocycles. The van der Waals surface area contributed by atoms with Crippen molar-refractivity contribution in [3.05, 3.63) is 29.4 Å². The third-order valence-electron chi connectivity index (χ3n) is 2.03. The Labute approximate surface area is 98.5 Å². The molecule has 2 heterocycles. The summed E-state index contributed by atoms with van der Waals surface area (Å²) in [5, 5.41) is 7.62. The van der Waals surface area contributed by atoms with Crippen LogP contribution in [-0.2, 0) is 13.5 Å². The van der Waals surface area contributed by atoms with Crippen LogP contribution in [0.5, 0.6) is 0 Å². The Morgan fingerprint density at radius 1 is 1.44 bits per heavy atom. The lowest BCUT2D eigenvalue weighted by atomic mass is 10.4. The first-order valence-corrected chi connectivity index (χ1v) is 5.34. The zero-order valence-electron chi connectivity index (χ0n) is 9.11. The Bertz CT molecular complexity index is 494. The summed E-state index contributed by atoms with van der Waals surface area (Å²) in [5.41, 5.74) is 0.874. The van der Waals surface area contributed by atoms with Gasteiger partial charge in [0.1, 0.15) is 16.8 Å². The van der Waals surface area contributed by atoms with E-state index in [4.69, 9.17) is 11.6 Å². The molecule has 2 aromatic rings. The van der Waals surface area contributed by atoms with Gasteiger partial charge in [0.15, 0.2) is 0 Å². The predicted octanol–water partition coefficient (Wildman–Crippen LogP) is 2.17. The summed E-state index contributed by atoms with van der Waals surface area (Å²) < 4.78 is 1.71. The summed E-state index contributed by atoms with van der Waals surface area (Å²) in [5.74, 6) is 1.41. The fraction of sp³-hybridized carbons (Fsp3) is 0.300. The van der Waals surface area contributed by atoms with Gasteiger partial charge >= 0.3 is 0 Å². The number of halogens is 1. The molecule has 0 aromatic carbocycles. The molecule has 0 atom stereocenters. The summed E-state index contributed by atoms with van der Waals surface area (Å²) in [6, 6.07) is 1.69. The number of nitrogens with zero attached hydrogens (tertiary/aromatic N) is 4. The van der Waals surface area contributed by atoms with E-state index >= 15 is 0 Å². The number of nitrogens with one attached hydrogen (secondary N) is 1. The van der Waals surface area contributed by atoms with Gasteiger partial charge in [0.05, 0.1) is 11.9 Å². The molecule has 5 nitrogen and oxygen atoms in total. The van der Waals surface area contributed by atoms with Crippen LogP contribution in [0, 0.1) is 0 Å². The van der Waals surface area contributed by atoms with Crippen LogP contribution in [0.3, 0.4) is 0 Å². The molecule has 0 unspecified atom stereocenters. The van der Waals surface area contributed by atoms with Crippen molar-refractivity contribution in [2.24, 2.45) is 7.05 Å². The van der Waals surface area contributed by atoms with Crippen LogP contribution in [0.1, 0.15) is 12.7 Å². The Hall–Kier alpha value is -1.62. The van der Waals surface area contributed by atoms with Gasteiger partial charge in [-0.3, -0.25) is 4.68 Å². The zero-order chi connectivity index (χ0) is 11.5. The Kier molecular flexibility index (Phi) is 3.05. The standard InChI is InChI=1S/C10H12ClN5/c1-3-9-14-8(11)4-10(15-9)13-7-5-12-16(2)6-7/h4-6H,3H2,1-2H3,(H,13,14,15). The first kappa shape index (κ1) is 10.9. The van der Waals surface area contributed by atoms with Crippen LogP contribution in [0.4, 0.5) is 11.5 Å². The maximum atomic E-state index is 5.89. The van der Waals surface area contributed by atoms with E-state index in [1.54, 1.807) is 16.9 Å². The first-order chi connectivity index (χ1) is 7.67. The lowest BCUT2D eigenvalue weighted by Crippen LogP contribution is -1.99. The van der Waals surface area contributed by atoms with E-state index in [1.807, 2.05) is 20.2 Å². The van der Waals surface area contributed by atoms with Crippen molar-refractivity contribution in [3.8, 4) is 0 Å². The minimum absolute atomic E-state index is 0.443. The lowest BCUT2D eigenvalue weighted by Gasteiger charge is -2.04. The van der Waals surface area contributed by atoms with Crippen molar-refractivity contribution in [1.82, 2.24) is 19.7 Å². The molecule has 0 bridgehead atoms. The molecule has 16 heavy (non-hydrogen) atoms. The maximum absolute atomic E-state index is 5.89. The first-order valence-electron chi connectivity index (χ1n) is 4.96. The van der Waals surface area contributed by atoms with Gasteiger partial charge in [0, 0.05) is 25.7 Å². The fourth-order valence-electron chi connectivity index (χ4n) is 1.32. The Balaban J connectivity index is 2.24. The summed E-state index contributed by atoms with van der Waals surface area (Å²) in [6.45, 7) is 1.99. The third-order valence-corrected chi connectivity index (χ3v) is 2.23. The molecular formula is C10H12ClN5. The lowest BCUT2D eigenvalue weighted by molar-refractivity contribution is 0.768. The van der Waals surface area contributed by atoms with Crippen LogP contribution < -0.4 is 5.32 Å². The maximum Gasteiger partial charge on any atom is 0.135 e. The van der Waals surface area contributed by atoms with Gasteiger partial charge in [-0.1, -0.05) is 18.5 Å². The number of hydrogen-bond acceptors (Lipinski definition) is 4. The van der Waals surface area contributed by atoms with E-state index in [1.165, 1.54) is 0 Å². The van der Waals surface area contributed by atoms with Gasteiger partial charge in [-0.25, -0.2) is 9.97 Å². The highest BCUT2D eigenvalue weighted by Crippen LogP contribution is 2.16. The van der Waals surface area contributed by atoms with E-state index in [9.17, 15) is 0 Å². The van der Waals surface area contributed by atoms with Crippen LogP contribution in [0.2, 0.25) is 5.15 Å². The van der Waals surface area contributed by atoms with Crippen molar-refractivity contribution < 1.29 is 0 Å². The molecule has 2 aromatic heterocycles. The number of rotatable bonds is 3. The minimum atomic E-state index is 0.443. The molecule has 0 saturated heterocycles. The average Bonchev–Trinajstić information content (AvgIpc) is 2.63. The summed E-state index contributed by atoms with van der Waals surface area (Å²) in [4.78, 5) is 8.41. The summed E-state index contributed by atoms with van der Waals surface area (Å²) in [7, 11) is 1.86. The predicted molar refractivity (Wildman–Crippen MR) is 62.9 cm³/mol. The molecule has 0 saturated carbocycles. The fourth-order valence-corrected chi connectivity index (χ4v) is 1.52. The van der Waals surface area contributed by atoms with Crippen molar-refractivity contribution in [1.29, 1.82) is 0 Å². The number of hydrogen-bond donors (Lipinski definition) is 1. The van der Waals surface area contributed by atoms with Gasteiger partial charge in [0.2, 0.25) is 0 Å². The molecular weight excluding hydrogens is 226 g/mol. The largest absolute Gasteiger partial charge is 0.338 e. The summed E-state index contributed by atoms with van der Waals surface area (Å²) in [6.07, 6.45) is 4.34. The normalized spacial score (nSPS) is 10.4. The highest BCUT2D eigenvalue weighted by molar-refractivity contribution is 6.29. The summed E-state index contributed by atoms with van der Waals surface area (Å²) >= 11 is 5.89. The molecule has 6 heteroatoms. The smallest absolute Gasteiger partial charge is 0.135 e. The second kappa shape index (κ2) is 4.49. The molecule has 0 radical (unpaired) electrons. The van der Waals surface area contributed by atoms with Gasteiger partial charge in [0.25, 0.3) is 0 Å². The quantitative estimate of drug-likeness (QED) is 0.832. The second-order valence-electron chi connectivity index (χ2n) is 3.37. The molecule has 0 amide bonds. The molecule has 1 N–H and O–H groups in total. The van der Waals surface area contributed by atoms with Crippen LogP contribution in [0.25, 0.3) is 0 Å². The van der Waals surface area contributed by atoms with E-state index in [0.29, 0.717) is 11.0 Å². The third kappa shape index (κ3) is 2.49. The molecule has 0 aliphatic rings. The number of anilines is 2. The molecule has 0 fully saturated rings. The van der Waals surface area contributed by atoms with Gasteiger partial charge in [-0.05, 0) is 0 Å². The molecule has 0 aliphatic carbocycles. The Morgan fingerprint density at radius 3 is 2.88 bits per heavy atom. The second-order valence-corrected chi connectivity index (χ2v) is 3.76. The van der Waals surface area contributed by atoms with Crippen LogP contribution in [0.15, 0.2) is 18.5 Å². The molecule has 0 spiro atoms. The van der Waals surface area contributed by atoms with Crippen molar-refractivity contribution in [2.45, 2.75) is 13.3 Å². The minimum Gasteiger partial charge on any atom is -0.338 e. The van der Waals surface area contributed by atoms with Gasteiger partial charge < -0.3 is 5.32 Å². The van der Waals surface area contributed by atoms with Crippen molar-refractivity contribution in [2.75, 3.05) is 5.32 Å². The highest BCUT2D eigenvalue weighted by Gasteiger charge is 2.03. The van der Waals surface area contributed by atoms with Gasteiger partial charge in [-0.2, -0.15) is 5.10 Å². The van der Waals surface area contributed by atoms with Crippen LogP contribution in [-0.4, -0.2) is 19.7 Å². The van der Waals surface area contributed by atoms with E-state index in [-0.39, 0.29) is 0 Å². The van der Waals surface area contributed by atoms with E-state index in [2.05, 4.69) is 20.4 Å². The topological polar surface area (TPSA) is 55.6 Å². The zero-order valence-corrected chi connectivity index (χ0v) is 9.86. The monoisotopic (exact) mass is 237 g/mol. The molecule has 2 rings (SSSR count). The number of aryl methyl sites for hydroxylation is 2. The SMILES string of the molecule is CCc1nc(Cl)cc(Nc2cnn(C)c2)n1.